The molecule has 0 radical (unpaired) electrons. The van der Waals surface area contributed by atoms with Crippen molar-refractivity contribution in [2.75, 3.05) is 48.6 Å². The summed E-state index contributed by atoms with van der Waals surface area (Å²) in [6, 6.07) is 11.8. The van der Waals surface area contributed by atoms with Crippen molar-refractivity contribution in [3.63, 3.8) is 0 Å². The Morgan fingerprint density at radius 3 is 2.27 bits per heavy atom. The van der Waals surface area contributed by atoms with Crippen LogP contribution in [0.15, 0.2) is 41.4 Å². The van der Waals surface area contributed by atoms with E-state index in [0.29, 0.717) is 13.1 Å². The van der Waals surface area contributed by atoms with Crippen molar-refractivity contribution in [3.05, 3.63) is 47.5 Å². The second-order valence-electron chi connectivity index (χ2n) is 6.71. The van der Waals surface area contributed by atoms with Gasteiger partial charge in [-0.2, -0.15) is 0 Å². The summed E-state index contributed by atoms with van der Waals surface area (Å²) >= 11 is 0. The number of methoxy groups -OCH3 is 4. The first kappa shape index (κ1) is 23.2. The predicted molar refractivity (Wildman–Crippen MR) is 120 cm³/mol. The van der Waals surface area contributed by atoms with Gasteiger partial charge in [0.2, 0.25) is 0 Å². The molecular weight excluding hydrogens is 382 g/mol. The van der Waals surface area contributed by atoms with E-state index in [1.165, 1.54) is 0 Å². The molecule has 2 rings (SSSR count). The van der Waals surface area contributed by atoms with Crippen LogP contribution in [0.4, 0.5) is 0 Å². The third-order valence-electron chi connectivity index (χ3n) is 4.71. The zero-order chi connectivity index (χ0) is 21.9. The first-order chi connectivity index (χ1) is 14.6. The largest absolute Gasteiger partial charge is 0.497 e. The number of aliphatic imine (C=N–C) groups is 1. The molecule has 0 unspecified atom stereocenters. The van der Waals surface area contributed by atoms with Crippen LogP contribution in [-0.4, -0.2) is 59.4 Å². The molecule has 0 atom stereocenters. The Morgan fingerprint density at radius 2 is 1.63 bits per heavy atom. The van der Waals surface area contributed by atoms with E-state index >= 15 is 0 Å². The lowest BCUT2D eigenvalue weighted by atomic mass is 10.1. The number of nitrogens with zero attached hydrogens (tertiary/aromatic N) is 2. The highest BCUT2D eigenvalue weighted by Crippen LogP contribution is 2.28. The molecule has 0 saturated carbocycles. The maximum absolute atomic E-state index is 5.52. The average molecular weight is 416 g/mol. The number of guanidine groups is 1. The minimum Gasteiger partial charge on any atom is -0.497 e. The molecule has 0 aliphatic rings. The van der Waals surface area contributed by atoms with Crippen molar-refractivity contribution < 1.29 is 18.9 Å². The molecule has 0 aliphatic carbocycles. The molecule has 0 bridgehead atoms. The Hall–Kier alpha value is -3.09. The van der Waals surface area contributed by atoms with E-state index in [9.17, 15) is 0 Å². The zero-order valence-electron chi connectivity index (χ0n) is 18.8. The van der Waals surface area contributed by atoms with E-state index in [1.54, 1.807) is 28.4 Å². The maximum atomic E-state index is 5.52. The summed E-state index contributed by atoms with van der Waals surface area (Å²) in [4.78, 5) is 6.87. The van der Waals surface area contributed by atoms with Crippen LogP contribution in [0.1, 0.15) is 18.1 Å². The van der Waals surface area contributed by atoms with Gasteiger partial charge < -0.3 is 29.2 Å². The third kappa shape index (κ3) is 6.20. The van der Waals surface area contributed by atoms with E-state index in [-0.39, 0.29) is 0 Å². The molecule has 0 aliphatic heterocycles. The summed E-state index contributed by atoms with van der Waals surface area (Å²) in [5.74, 6) is 3.87. The summed E-state index contributed by atoms with van der Waals surface area (Å²) in [7, 11) is 8.61. The van der Waals surface area contributed by atoms with Crippen molar-refractivity contribution in [2.24, 2.45) is 4.99 Å². The van der Waals surface area contributed by atoms with E-state index in [2.05, 4.69) is 17.1 Å². The Kier molecular flexibility index (Phi) is 9.12. The van der Waals surface area contributed by atoms with Gasteiger partial charge in [-0.25, -0.2) is 0 Å². The molecule has 0 fully saturated rings. The lowest BCUT2D eigenvalue weighted by Gasteiger charge is -2.23. The third-order valence-corrected chi connectivity index (χ3v) is 4.71. The number of hydrogen-bond donors (Lipinski definition) is 1. The van der Waals surface area contributed by atoms with Gasteiger partial charge in [0.05, 0.1) is 28.4 Å². The highest BCUT2D eigenvalue weighted by atomic mass is 16.5. The molecule has 0 spiro atoms. The molecule has 0 aromatic heterocycles. The van der Waals surface area contributed by atoms with Gasteiger partial charge in [-0.15, -0.1) is 0 Å². The molecule has 2 aromatic rings. The highest BCUT2D eigenvalue weighted by Gasteiger charge is 2.11. The summed E-state index contributed by atoms with van der Waals surface area (Å²) in [6.45, 7) is 4.17. The maximum Gasteiger partial charge on any atom is 0.193 e. The summed E-state index contributed by atoms with van der Waals surface area (Å²) in [5, 5.41) is 3.36. The molecular formula is C23H33N3O4. The van der Waals surface area contributed by atoms with Gasteiger partial charge in [-0.05, 0) is 43.2 Å². The summed E-state index contributed by atoms with van der Waals surface area (Å²) in [5.41, 5.74) is 2.21. The standard InChI is InChI=1S/C23H33N3O4/c1-7-24-23(25-13-12-17-8-11-20(28-4)22(14-17)30-6)26(2)16-18-9-10-19(27-3)15-21(18)29-5/h8-11,14-15H,7,12-13,16H2,1-6H3,(H,24,25). The second-order valence-corrected chi connectivity index (χ2v) is 6.71. The van der Waals surface area contributed by atoms with E-state index in [0.717, 1.165) is 53.1 Å². The van der Waals surface area contributed by atoms with Gasteiger partial charge in [0, 0.05) is 38.3 Å². The first-order valence-corrected chi connectivity index (χ1v) is 9.97. The van der Waals surface area contributed by atoms with Crippen molar-refractivity contribution in [1.29, 1.82) is 0 Å². The molecule has 1 N–H and O–H groups in total. The van der Waals surface area contributed by atoms with Crippen LogP contribution in [0.2, 0.25) is 0 Å². The lowest BCUT2D eigenvalue weighted by molar-refractivity contribution is 0.354. The number of hydrogen-bond acceptors (Lipinski definition) is 5. The smallest absolute Gasteiger partial charge is 0.193 e. The van der Waals surface area contributed by atoms with Crippen LogP contribution in [-0.2, 0) is 13.0 Å². The fraction of sp³-hybridized carbons (Fsp3) is 0.435. The van der Waals surface area contributed by atoms with Crippen LogP contribution < -0.4 is 24.3 Å². The van der Waals surface area contributed by atoms with E-state index < -0.39 is 0 Å². The van der Waals surface area contributed by atoms with Crippen molar-refractivity contribution in [1.82, 2.24) is 10.2 Å². The van der Waals surface area contributed by atoms with Crippen LogP contribution in [0.25, 0.3) is 0 Å². The quantitative estimate of drug-likeness (QED) is 0.474. The van der Waals surface area contributed by atoms with E-state index in [1.807, 2.05) is 43.4 Å². The lowest BCUT2D eigenvalue weighted by Crippen LogP contribution is -2.38. The van der Waals surface area contributed by atoms with Gasteiger partial charge in [0.25, 0.3) is 0 Å². The Balaban J connectivity index is 2.08. The fourth-order valence-electron chi connectivity index (χ4n) is 3.11. The van der Waals surface area contributed by atoms with Crippen LogP contribution >= 0.6 is 0 Å². The zero-order valence-corrected chi connectivity index (χ0v) is 18.8. The van der Waals surface area contributed by atoms with Crippen molar-refractivity contribution >= 4 is 5.96 Å². The molecule has 0 amide bonds. The number of benzene rings is 2. The second kappa shape index (κ2) is 11.8. The van der Waals surface area contributed by atoms with Gasteiger partial charge in [-0.3, -0.25) is 4.99 Å². The normalized spacial score (nSPS) is 11.1. The Bertz CT molecular complexity index is 839. The van der Waals surface area contributed by atoms with Crippen LogP contribution in [0, 0.1) is 0 Å². The average Bonchev–Trinajstić information content (AvgIpc) is 2.78. The van der Waals surface area contributed by atoms with E-state index in [4.69, 9.17) is 23.9 Å². The topological polar surface area (TPSA) is 64.6 Å². The molecule has 7 heteroatoms. The minimum absolute atomic E-state index is 0.655. The number of ether oxygens (including phenoxy) is 4. The molecule has 0 saturated heterocycles. The predicted octanol–water partition coefficient (Wildman–Crippen LogP) is 3.36. The highest BCUT2D eigenvalue weighted by molar-refractivity contribution is 5.79. The fourth-order valence-corrected chi connectivity index (χ4v) is 3.11. The molecule has 7 nitrogen and oxygen atoms in total. The van der Waals surface area contributed by atoms with Gasteiger partial charge in [0.1, 0.15) is 11.5 Å². The summed E-state index contributed by atoms with van der Waals surface area (Å²) in [6.07, 6.45) is 0.801. The van der Waals surface area contributed by atoms with Gasteiger partial charge >= 0.3 is 0 Å². The Labute approximate surface area is 179 Å². The monoisotopic (exact) mass is 415 g/mol. The van der Waals surface area contributed by atoms with Crippen molar-refractivity contribution in [3.8, 4) is 23.0 Å². The van der Waals surface area contributed by atoms with Gasteiger partial charge in [0.15, 0.2) is 17.5 Å². The Morgan fingerprint density at radius 1 is 0.900 bits per heavy atom. The molecule has 2 aromatic carbocycles. The number of rotatable bonds is 10. The minimum atomic E-state index is 0.655. The van der Waals surface area contributed by atoms with Gasteiger partial charge in [-0.1, -0.05) is 6.07 Å². The van der Waals surface area contributed by atoms with Crippen LogP contribution in [0.3, 0.4) is 0 Å². The van der Waals surface area contributed by atoms with Crippen molar-refractivity contribution in [2.45, 2.75) is 19.9 Å². The van der Waals surface area contributed by atoms with Crippen LogP contribution in [0.5, 0.6) is 23.0 Å². The molecule has 164 valence electrons. The molecule has 0 heterocycles. The molecule has 30 heavy (non-hydrogen) atoms. The first-order valence-electron chi connectivity index (χ1n) is 9.97. The number of nitrogens with one attached hydrogen (secondary N) is 1. The SMILES string of the molecule is CCNC(=NCCc1ccc(OC)c(OC)c1)N(C)Cc1ccc(OC)cc1OC. The summed E-state index contributed by atoms with van der Waals surface area (Å²) < 4.78 is 21.5.